The molecule has 0 bridgehead atoms. The highest BCUT2D eigenvalue weighted by atomic mass is 19.4. The first kappa shape index (κ1) is 16.2. The minimum Gasteiger partial charge on any atom is -0.479 e. The first-order valence-corrected chi connectivity index (χ1v) is 5.30. The van der Waals surface area contributed by atoms with Crippen molar-refractivity contribution in [3.05, 3.63) is 33.9 Å². The molecule has 0 aliphatic rings. The minimum atomic E-state index is -5.14. The molecule has 0 saturated heterocycles. The van der Waals surface area contributed by atoms with Gasteiger partial charge in [0.1, 0.15) is 11.6 Å². The van der Waals surface area contributed by atoms with Crippen LogP contribution in [0.15, 0.2) is 18.2 Å². The monoisotopic (exact) mass is 303 g/mol. The summed E-state index contributed by atoms with van der Waals surface area (Å²) in [7, 11) is 0. The molecule has 112 valence electrons. The number of hydrogen-bond donors (Lipinski definition) is 2. The lowest BCUT2D eigenvalue weighted by Crippen LogP contribution is -2.55. The Hall–Kier alpha value is -2.83. The quantitative estimate of drug-likeness (QED) is 0.651. The van der Waals surface area contributed by atoms with Crippen LogP contribution in [0.3, 0.4) is 0 Å². The maximum Gasteiger partial charge on any atom is 0.422 e. The highest BCUT2D eigenvalue weighted by molar-refractivity contribution is 5.83. The molecule has 0 aliphatic heterocycles. The average molecular weight is 303 g/mol. The molecule has 1 aromatic carbocycles. The first-order chi connectivity index (χ1) is 9.52. The van der Waals surface area contributed by atoms with Gasteiger partial charge in [-0.25, -0.2) is 4.79 Å². The van der Waals surface area contributed by atoms with Gasteiger partial charge in [-0.1, -0.05) is 0 Å². The third-order valence-electron chi connectivity index (χ3n) is 2.70. The topological polar surface area (TPSA) is 116 Å². The van der Waals surface area contributed by atoms with Crippen LogP contribution >= 0.6 is 0 Å². The van der Waals surface area contributed by atoms with Crippen LogP contribution in [0.25, 0.3) is 0 Å². The lowest BCUT2D eigenvalue weighted by Gasteiger charge is -2.29. The second-order valence-electron chi connectivity index (χ2n) is 4.15. The van der Waals surface area contributed by atoms with E-state index in [2.05, 4.69) is 0 Å². The summed E-state index contributed by atoms with van der Waals surface area (Å²) in [6.45, 7) is 0.388. The standard InChI is InChI=1S/C11H8F3N3O4/c1-10(9(18)19,11(12,13)14)16-7-3-2-6(5-15)8(4-7)17(20)21/h2-4,16H,1H3,(H,18,19). The van der Waals surface area contributed by atoms with Crippen LogP contribution in [0.1, 0.15) is 12.5 Å². The Bertz CT molecular complexity index is 639. The normalized spacial score (nSPS) is 13.9. The first-order valence-electron chi connectivity index (χ1n) is 5.30. The minimum absolute atomic E-state index is 0.352. The van der Waals surface area contributed by atoms with Crippen LogP contribution < -0.4 is 5.32 Å². The van der Waals surface area contributed by atoms with Crippen LogP contribution in [-0.4, -0.2) is 27.7 Å². The molecule has 0 radical (unpaired) electrons. The number of aliphatic carboxylic acids is 1. The maximum absolute atomic E-state index is 12.8. The van der Waals surface area contributed by atoms with Crippen molar-refractivity contribution in [1.82, 2.24) is 0 Å². The largest absolute Gasteiger partial charge is 0.479 e. The van der Waals surface area contributed by atoms with E-state index in [0.29, 0.717) is 13.0 Å². The van der Waals surface area contributed by atoms with E-state index < -0.39 is 34.0 Å². The molecule has 0 fully saturated rings. The SMILES string of the molecule is CC(Nc1ccc(C#N)c([N+](=O)[O-])c1)(C(=O)O)C(F)(F)F. The summed E-state index contributed by atoms with van der Waals surface area (Å²) in [5.74, 6) is -2.19. The van der Waals surface area contributed by atoms with E-state index in [1.54, 1.807) is 5.32 Å². The van der Waals surface area contributed by atoms with Gasteiger partial charge in [-0.05, 0) is 19.1 Å². The number of halogens is 3. The van der Waals surface area contributed by atoms with Crippen LogP contribution in [0.2, 0.25) is 0 Å². The van der Waals surface area contributed by atoms with Crippen molar-refractivity contribution < 1.29 is 28.0 Å². The summed E-state index contributed by atoms with van der Waals surface area (Å²) in [4.78, 5) is 20.6. The molecule has 10 heteroatoms. The molecule has 0 heterocycles. The Labute approximate surface area is 115 Å². The van der Waals surface area contributed by atoms with Gasteiger partial charge in [-0.15, -0.1) is 0 Å². The van der Waals surface area contributed by atoms with Crippen LogP contribution in [0.4, 0.5) is 24.5 Å². The van der Waals surface area contributed by atoms with E-state index in [-0.39, 0.29) is 5.56 Å². The third kappa shape index (κ3) is 3.02. The fourth-order valence-corrected chi connectivity index (χ4v) is 1.39. The summed E-state index contributed by atoms with van der Waals surface area (Å²) in [6.07, 6.45) is -5.14. The van der Waals surface area contributed by atoms with Gasteiger partial charge in [0.05, 0.1) is 4.92 Å². The molecular formula is C11H8F3N3O4. The number of nitro groups is 1. The number of anilines is 1. The highest BCUT2D eigenvalue weighted by Gasteiger charge is 2.57. The van der Waals surface area contributed by atoms with Crippen molar-refractivity contribution in [2.75, 3.05) is 5.32 Å². The number of carboxylic acids is 1. The second-order valence-corrected chi connectivity index (χ2v) is 4.15. The summed E-state index contributed by atoms with van der Waals surface area (Å²) < 4.78 is 38.4. The number of carboxylic acid groups (broad SMARTS) is 1. The maximum atomic E-state index is 12.8. The molecule has 21 heavy (non-hydrogen) atoms. The zero-order valence-electron chi connectivity index (χ0n) is 10.4. The molecule has 1 aromatic rings. The fraction of sp³-hybridized carbons (Fsp3) is 0.273. The van der Waals surface area contributed by atoms with E-state index in [1.807, 2.05) is 0 Å². The van der Waals surface area contributed by atoms with E-state index in [4.69, 9.17) is 10.4 Å². The molecule has 1 atom stereocenters. The molecule has 0 saturated carbocycles. The Morgan fingerprint density at radius 2 is 2.05 bits per heavy atom. The molecular weight excluding hydrogens is 295 g/mol. The average Bonchev–Trinajstić information content (AvgIpc) is 2.36. The number of rotatable bonds is 4. The smallest absolute Gasteiger partial charge is 0.422 e. The predicted octanol–water partition coefficient (Wildman–Crippen LogP) is 2.28. The molecule has 0 aliphatic carbocycles. The fourth-order valence-electron chi connectivity index (χ4n) is 1.39. The Balaban J connectivity index is 3.31. The number of hydrogen-bond acceptors (Lipinski definition) is 5. The van der Waals surface area contributed by atoms with Crippen molar-refractivity contribution in [3.63, 3.8) is 0 Å². The lowest BCUT2D eigenvalue weighted by molar-refractivity contribution is -0.385. The second kappa shape index (κ2) is 5.28. The van der Waals surface area contributed by atoms with Gasteiger partial charge in [0.2, 0.25) is 5.54 Å². The highest BCUT2D eigenvalue weighted by Crippen LogP contribution is 2.34. The van der Waals surface area contributed by atoms with Gasteiger partial charge >= 0.3 is 12.1 Å². The van der Waals surface area contributed by atoms with E-state index in [9.17, 15) is 28.1 Å². The van der Waals surface area contributed by atoms with Crippen molar-refractivity contribution in [1.29, 1.82) is 5.26 Å². The molecule has 1 rings (SSSR count). The van der Waals surface area contributed by atoms with Gasteiger partial charge in [0.25, 0.3) is 5.69 Å². The van der Waals surface area contributed by atoms with Crippen LogP contribution in [0, 0.1) is 21.4 Å². The number of carbonyl (C=O) groups is 1. The summed E-state index contributed by atoms with van der Waals surface area (Å²) in [5.41, 5.74) is -4.84. The molecule has 7 nitrogen and oxygen atoms in total. The van der Waals surface area contributed by atoms with E-state index in [1.165, 1.54) is 6.07 Å². The number of nitrogens with one attached hydrogen (secondary N) is 1. The van der Waals surface area contributed by atoms with Gasteiger partial charge < -0.3 is 10.4 Å². The van der Waals surface area contributed by atoms with E-state index >= 15 is 0 Å². The molecule has 0 amide bonds. The summed E-state index contributed by atoms with van der Waals surface area (Å²) in [5, 5.41) is 29.8. The third-order valence-corrected chi connectivity index (χ3v) is 2.70. The number of benzene rings is 1. The number of nitro benzene ring substituents is 1. The number of nitriles is 1. The van der Waals surface area contributed by atoms with Gasteiger partial charge in [0, 0.05) is 11.8 Å². The Morgan fingerprint density at radius 3 is 2.43 bits per heavy atom. The van der Waals surface area contributed by atoms with Crippen LogP contribution in [0.5, 0.6) is 0 Å². The molecule has 0 aromatic heterocycles. The molecule has 1 unspecified atom stereocenters. The van der Waals surface area contributed by atoms with Gasteiger partial charge in [-0.2, -0.15) is 18.4 Å². The van der Waals surface area contributed by atoms with Crippen molar-refractivity contribution >= 4 is 17.3 Å². The van der Waals surface area contributed by atoms with Crippen molar-refractivity contribution in [2.45, 2.75) is 18.6 Å². The Kier molecular flexibility index (Phi) is 4.08. The zero-order valence-corrected chi connectivity index (χ0v) is 10.4. The van der Waals surface area contributed by atoms with E-state index in [0.717, 1.165) is 12.1 Å². The number of alkyl halides is 3. The predicted molar refractivity (Wildman–Crippen MR) is 63.5 cm³/mol. The van der Waals surface area contributed by atoms with Crippen molar-refractivity contribution in [2.24, 2.45) is 0 Å². The zero-order chi connectivity index (χ0) is 16.4. The Morgan fingerprint density at radius 1 is 1.48 bits per heavy atom. The lowest BCUT2D eigenvalue weighted by atomic mass is 10.0. The van der Waals surface area contributed by atoms with Crippen LogP contribution in [-0.2, 0) is 4.79 Å². The molecule has 0 spiro atoms. The van der Waals surface area contributed by atoms with Gasteiger partial charge in [-0.3, -0.25) is 10.1 Å². The molecule has 2 N–H and O–H groups in total. The summed E-state index contributed by atoms with van der Waals surface area (Å²) >= 11 is 0. The number of nitrogens with zero attached hydrogens (tertiary/aromatic N) is 2. The summed E-state index contributed by atoms with van der Waals surface area (Å²) in [6, 6.07) is 4.07. The van der Waals surface area contributed by atoms with Gasteiger partial charge in [0.15, 0.2) is 0 Å². The van der Waals surface area contributed by atoms with Crippen molar-refractivity contribution in [3.8, 4) is 6.07 Å².